The van der Waals surface area contributed by atoms with Gasteiger partial charge in [0.2, 0.25) is 0 Å². The van der Waals surface area contributed by atoms with Gasteiger partial charge in [-0.25, -0.2) is 4.98 Å². The van der Waals surface area contributed by atoms with Crippen molar-refractivity contribution in [2.75, 3.05) is 13.1 Å². The van der Waals surface area contributed by atoms with Crippen LogP contribution in [0.1, 0.15) is 63.1 Å². The van der Waals surface area contributed by atoms with Gasteiger partial charge in [0, 0.05) is 17.8 Å². The normalized spacial score (nSPS) is 16.4. The van der Waals surface area contributed by atoms with Gasteiger partial charge in [-0.1, -0.05) is 26.7 Å². The molecule has 0 amide bonds. The van der Waals surface area contributed by atoms with Crippen LogP contribution in [-0.2, 0) is 12.3 Å². The van der Waals surface area contributed by atoms with E-state index in [0.717, 1.165) is 24.1 Å². The third-order valence-electron chi connectivity index (χ3n) is 4.41. The number of thiazole rings is 1. The summed E-state index contributed by atoms with van der Waals surface area (Å²) >= 11 is 7.58. The molecule has 0 bridgehead atoms. The average molecular weight is 329 g/mol. The lowest BCUT2D eigenvalue weighted by Gasteiger charge is -2.29. The number of hydrogen-bond acceptors (Lipinski definition) is 3. The highest BCUT2D eigenvalue weighted by molar-refractivity contribution is 7.09. The summed E-state index contributed by atoms with van der Waals surface area (Å²) in [5.41, 5.74) is 1.03. The Morgan fingerprint density at radius 1 is 1.33 bits per heavy atom. The number of alkyl halides is 1. The van der Waals surface area contributed by atoms with Crippen LogP contribution >= 0.6 is 22.9 Å². The summed E-state index contributed by atoms with van der Waals surface area (Å²) in [6, 6.07) is 0.846. The number of halogens is 1. The molecule has 1 saturated carbocycles. The molecular formula is C17H29ClN2S. The van der Waals surface area contributed by atoms with Crippen LogP contribution in [0, 0.1) is 5.92 Å². The van der Waals surface area contributed by atoms with Crippen LogP contribution in [0.3, 0.4) is 0 Å². The minimum atomic E-state index is 0.541. The molecule has 1 aliphatic rings. The standard InChI is InChI=1S/C17H29ClN2S/c1-14(2)9-11-20(16-6-3-4-7-16)10-5-8-17-19-15(12-18)13-21-17/h13-14,16H,3-12H2,1-2H3. The topological polar surface area (TPSA) is 16.1 Å². The molecule has 0 spiro atoms. The Kier molecular flexibility index (Phi) is 7.48. The molecule has 0 saturated heterocycles. The van der Waals surface area contributed by atoms with Crippen LogP contribution < -0.4 is 0 Å². The Morgan fingerprint density at radius 3 is 2.71 bits per heavy atom. The summed E-state index contributed by atoms with van der Waals surface area (Å²) in [6.07, 6.45) is 9.32. The van der Waals surface area contributed by atoms with Crippen molar-refractivity contribution in [1.29, 1.82) is 0 Å². The molecule has 0 aromatic carbocycles. The monoisotopic (exact) mass is 328 g/mol. The van der Waals surface area contributed by atoms with Crippen molar-refractivity contribution in [3.63, 3.8) is 0 Å². The zero-order valence-corrected chi connectivity index (χ0v) is 15.1. The second-order valence-corrected chi connectivity index (χ2v) is 7.84. The average Bonchev–Trinajstić information content (AvgIpc) is 3.13. The van der Waals surface area contributed by atoms with E-state index in [4.69, 9.17) is 11.6 Å². The van der Waals surface area contributed by atoms with E-state index in [2.05, 4.69) is 29.1 Å². The van der Waals surface area contributed by atoms with Crippen molar-refractivity contribution >= 4 is 22.9 Å². The highest BCUT2D eigenvalue weighted by Gasteiger charge is 2.22. The fourth-order valence-corrected chi connectivity index (χ4v) is 4.20. The van der Waals surface area contributed by atoms with Gasteiger partial charge in [0.05, 0.1) is 16.6 Å². The number of nitrogens with zero attached hydrogens (tertiary/aromatic N) is 2. The van der Waals surface area contributed by atoms with Crippen molar-refractivity contribution in [3.8, 4) is 0 Å². The second-order valence-electron chi connectivity index (χ2n) is 6.63. The first-order valence-electron chi connectivity index (χ1n) is 8.42. The molecule has 2 rings (SSSR count). The molecule has 1 fully saturated rings. The molecule has 0 atom stereocenters. The molecule has 1 heterocycles. The van der Waals surface area contributed by atoms with Gasteiger partial charge in [-0.3, -0.25) is 0 Å². The van der Waals surface area contributed by atoms with E-state index in [-0.39, 0.29) is 0 Å². The molecule has 2 nitrogen and oxygen atoms in total. The number of aryl methyl sites for hydroxylation is 1. The van der Waals surface area contributed by atoms with E-state index in [1.165, 1.54) is 56.6 Å². The Morgan fingerprint density at radius 2 is 2.10 bits per heavy atom. The van der Waals surface area contributed by atoms with E-state index in [0.29, 0.717) is 5.88 Å². The van der Waals surface area contributed by atoms with Gasteiger partial charge in [-0.05, 0) is 44.7 Å². The zero-order valence-electron chi connectivity index (χ0n) is 13.5. The van der Waals surface area contributed by atoms with Crippen molar-refractivity contribution in [2.24, 2.45) is 5.92 Å². The molecule has 1 aromatic heterocycles. The van der Waals surface area contributed by atoms with Crippen LogP contribution in [0.25, 0.3) is 0 Å². The first-order chi connectivity index (χ1) is 10.2. The molecule has 0 N–H and O–H groups in total. The number of aromatic nitrogens is 1. The predicted molar refractivity (Wildman–Crippen MR) is 93.3 cm³/mol. The van der Waals surface area contributed by atoms with Crippen LogP contribution in [-0.4, -0.2) is 29.0 Å². The third-order valence-corrected chi connectivity index (χ3v) is 5.64. The van der Waals surface area contributed by atoms with E-state index >= 15 is 0 Å². The van der Waals surface area contributed by atoms with Crippen molar-refractivity contribution in [3.05, 3.63) is 16.1 Å². The molecule has 0 radical (unpaired) electrons. The highest BCUT2D eigenvalue weighted by atomic mass is 35.5. The molecule has 4 heteroatoms. The van der Waals surface area contributed by atoms with Crippen LogP contribution in [0.15, 0.2) is 5.38 Å². The maximum absolute atomic E-state index is 5.82. The molecule has 0 unspecified atom stereocenters. The fraction of sp³-hybridized carbons (Fsp3) is 0.824. The van der Waals surface area contributed by atoms with E-state index < -0.39 is 0 Å². The molecule has 120 valence electrons. The molecule has 1 aliphatic carbocycles. The Bertz CT molecular complexity index is 399. The van der Waals surface area contributed by atoms with Gasteiger partial charge < -0.3 is 4.90 Å². The summed E-state index contributed by atoms with van der Waals surface area (Å²) in [6.45, 7) is 7.16. The number of rotatable bonds is 9. The van der Waals surface area contributed by atoms with Crippen LogP contribution in [0.2, 0.25) is 0 Å². The summed E-state index contributed by atoms with van der Waals surface area (Å²) < 4.78 is 0. The Balaban J connectivity index is 1.77. The summed E-state index contributed by atoms with van der Waals surface area (Å²) in [5, 5.41) is 3.34. The van der Waals surface area contributed by atoms with Gasteiger partial charge in [-0.15, -0.1) is 22.9 Å². The number of hydrogen-bond donors (Lipinski definition) is 0. The predicted octanol–water partition coefficient (Wildman–Crippen LogP) is 5.11. The van der Waals surface area contributed by atoms with Crippen molar-refractivity contribution < 1.29 is 0 Å². The SMILES string of the molecule is CC(C)CCN(CCCc1nc(CCl)cs1)C1CCCC1. The molecule has 0 aliphatic heterocycles. The van der Waals surface area contributed by atoms with Gasteiger partial charge in [0.25, 0.3) is 0 Å². The summed E-state index contributed by atoms with van der Waals surface area (Å²) in [5.74, 6) is 1.35. The largest absolute Gasteiger partial charge is 0.300 e. The lowest BCUT2D eigenvalue weighted by Crippen LogP contribution is -2.35. The van der Waals surface area contributed by atoms with E-state index in [1.807, 2.05) is 0 Å². The van der Waals surface area contributed by atoms with E-state index in [9.17, 15) is 0 Å². The van der Waals surface area contributed by atoms with Crippen molar-refractivity contribution in [1.82, 2.24) is 9.88 Å². The zero-order chi connectivity index (χ0) is 15.1. The lowest BCUT2D eigenvalue weighted by molar-refractivity contribution is 0.186. The Hall–Kier alpha value is -0.120. The Labute approximate surface area is 138 Å². The van der Waals surface area contributed by atoms with E-state index in [1.54, 1.807) is 11.3 Å². The molecule has 1 aromatic rings. The first kappa shape index (κ1) is 17.2. The maximum Gasteiger partial charge on any atom is 0.0929 e. The van der Waals surface area contributed by atoms with Crippen LogP contribution in [0.5, 0.6) is 0 Å². The van der Waals surface area contributed by atoms with Crippen LogP contribution in [0.4, 0.5) is 0 Å². The fourth-order valence-electron chi connectivity index (χ4n) is 3.13. The van der Waals surface area contributed by atoms with Gasteiger partial charge >= 0.3 is 0 Å². The van der Waals surface area contributed by atoms with Gasteiger partial charge in [0.1, 0.15) is 0 Å². The highest BCUT2D eigenvalue weighted by Crippen LogP contribution is 2.24. The lowest BCUT2D eigenvalue weighted by atomic mass is 10.1. The quantitative estimate of drug-likeness (QED) is 0.586. The molecule has 21 heavy (non-hydrogen) atoms. The second kappa shape index (κ2) is 9.12. The molecular weight excluding hydrogens is 300 g/mol. The third kappa shape index (κ3) is 5.88. The summed E-state index contributed by atoms with van der Waals surface area (Å²) in [4.78, 5) is 7.32. The smallest absolute Gasteiger partial charge is 0.0929 e. The maximum atomic E-state index is 5.82. The summed E-state index contributed by atoms with van der Waals surface area (Å²) in [7, 11) is 0. The van der Waals surface area contributed by atoms with Crippen molar-refractivity contribution in [2.45, 2.75) is 70.7 Å². The minimum Gasteiger partial charge on any atom is -0.300 e. The first-order valence-corrected chi connectivity index (χ1v) is 9.83. The van der Waals surface area contributed by atoms with Gasteiger partial charge in [-0.2, -0.15) is 0 Å². The minimum absolute atomic E-state index is 0.541. The van der Waals surface area contributed by atoms with Gasteiger partial charge in [0.15, 0.2) is 0 Å².